The van der Waals surface area contributed by atoms with E-state index < -0.39 is 0 Å². The standard InChI is InChI=1S/C14H14ClNO4S/c1-7(2)16-13(18)11(21-14(16)19)6-8-4-9(15)12(17)10(5-8)20-3/h4-7,17H,1-3H3/b11-6-. The van der Waals surface area contributed by atoms with E-state index in [2.05, 4.69) is 0 Å². The SMILES string of the molecule is COc1cc(/C=C2\SC(=O)N(C(C)C)C2=O)cc(Cl)c1O. The molecule has 1 heterocycles. The molecule has 1 saturated heterocycles. The number of amides is 2. The Kier molecular flexibility index (Phi) is 4.49. The summed E-state index contributed by atoms with van der Waals surface area (Å²) in [5, 5.41) is 9.50. The number of carbonyl (C=O) groups excluding carboxylic acids is 2. The summed E-state index contributed by atoms with van der Waals surface area (Å²) in [5.41, 5.74) is 0.573. The summed E-state index contributed by atoms with van der Waals surface area (Å²) in [7, 11) is 1.40. The normalized spacial score (nSPS) is 17.2. The Balaban J connectivity index is 2.39. The third-order valence-corrected chi connectivity index (χ3v) is 4.08. The minimum absolute atomic E-state index is 0.115. The Labute approximate surface area is 131 Å². The molecule has 21 heavy (non-hydrogen) atoms. The zero-order chi connectivity index (χ0) is 15.7. The fraction of sp³-hybridized carbons (Fsp3) is 0.286. The second kappa shape index (κ2) is 5.99. The van der Waals surface area contributed by atoms with E-state index >= 15 is 0 Å². The minimum Gasteiger partial charge on any atom is -0.503 e. The van der Waals surface area contributed by atoms with Crippen molar-refractivity contribution in [1.29, 1.82) is 0 Å². The summed E-state index contributed by atoms with van der Waals surface area (Å²) in [5.74, 6) is -0.286. The molecule has 2 rings (SSSR count). The van der Waals surface area contributed by atoms with Gasteiger partial charge in [-0.15, -0.1) is 0 Å². The van der Waals surface area contributed by atoms with Crippen LogP contribution in [0.15, 0.2) is 17.0 Å². The third kappa shape index (κ3) is 3.01. The van der Waals surface area contributed by atoms with Gasteiger partial charge in [-0.2, -0.15) is 0 Å². The molecule has 1 aliphatic rings. The van der Waals surface area contributed by atoms with Crippen molar-refractivity contribution in [3.05, 3.63) is 27.6 Å². The highest BCUT2D eigenvalue weighted by Crippen LogP contribution is 2.38. The molecule has 0 saturated carbocycles. The Morgan fingerprint density at radius 2 is 2.05 bits per heavy atom. The maximum atomic E-state index is 12.2. The van der Waals surface area contributed by atoms with Crippen molar-refractivity contribution in [2.45, 2.75) is 19.9 Å². The topological polar surface area (TPSA) is 66.8 Å². The van der Waals surface area contributed by atoms with Gasteiger partial charge < -0.3 is 9.84 Å². The molecule has 1 aromatic carbocycles. The number of nitrogens with zero attached hydrogens (tertiary/aromatic N) is 1. The van der Waals surface area contributed by atoms with Crippen LogP contribution in [0.2, 0.25) is 5.02 Å². The Bertz CT molecular complexity index is 642. The quantitative estimate of drug-likeness (QED) is 0.861. The molecule has 0 radical (unpaired) electrons. The first-order chi connectivity index (χ1) is 9.85. The van der Waals surface area contributed by atoms with Gasteiger partial charge in [0.1, 0.15) is 0 Å². The van der Waals surface area contributed by atoms with Crippen LogP contribution in [0, 0.1) is 0 Å². The van der Waals surface area contributed by atoms with Gasteiger partial charge in [0.15, 0.2) is 11.5 Å². The van der Waals surface area contributed by atoms with E-state index in [0.29, 0.717) is 10.5 Å². The van der Waals surface area contributed by atoms with E-state index in [1.54, 1.807) is 26.0 Å². The number of methoxy groups -OCH3 is 1. The molecule has 0 aromatic heterocycles. The first-order valence-electron chi connectivity index (χ1n) is 6.18. The number of thioether (sulfide) groups is 1. The van der Waals surface area contributed by atoms with Gasteiger partial charge in [0.05, 0.1) is 17.0 Å². The number of aromatic hydroxyl groups is 1. The van der Waals surface area contributed by atoms with Crippen LogP contribution in [0.5, 0.6) is 11.5 Å². The van der Waals surface area contributed by atoms with E-state index in [9.17, 15) is 14.7 Å². The monoisotopic (exact) mass is 327 g/mol. The number of carbonyl (C=O) groups is 2. The molecule has 7 heteroatoms. The first-order valence-corrected chi connectivity index (χ1v) is 7.38. The maximum absolute atomic E-state index is 12.2. The Morgan fingerprint density at radius 3 is 2.57 bits per heavy atom. The number of hydrogen-bond donors (Lipinski definition) is 1. The maximum Gasteiger partial charge on any atom is 0.293 e. The average molecular weight is 328 g/mol. The summed E-state index contributed by atoms with van der Waals surface area (Å²) in [4.78, 5) is 25.5. The number of phenolic OH excluding ortho intramolecular Hbond substituents is 1. The molecule has 0 aliphatic carbocycles. The molecular formula is C14H14ClNO4S. The molecule has 0 unspecified atom stereocenters. The smallest absolute Gasteiger partial charge is 0.293 e. The Morgan fingerprint density at radius 1 is 1.38 bits per heavy atom. The van der Waals surface area contributed by atoms with Crippen LogP contribution in [-0.2, 0) is 4.79 Å². The zero-order valence-corrected chi connectivity index (χ0v) is 13.3. The van der Waals surface area contributed by atoms with E-state index in [0.717, 1.165) is 11.8 Å². The van der Waals surface area contributed by atoms with Gasteiger partial charge in [-0.3, -0.25) is 14.5 Å². The average Bonchev–Trinajstić information content (AvgIpc) is 2.68. The Hall–Kier alpha value is -1.66. The van der Waals surface area contributed by atoms with E-state index in [1.165, 1.54) is 18.1 Å². The number of phenols is 1. The van der Waals surface area contributed by atoms with Gasteiger partial charge in [0, 0.05) is 6.04 Å². The third-order valence-electron chi connectivity index (χ3n) is 2.91. The van der Waals surface area contributed by atoms with Gasteiger partial charge >= 0.3 is 0 Å². The van der Waals surface area contributed by atoms with Gasteiger partial charge in [-0.05, 0) is 49.4 Å². The molecule has 0 bridgehead atoms. The van der Waals surface area contributed by atoms with E-state index in [4.69, 9.17) is 16.3 Å². The van der Waals surface area contributed by atoms with Gasteiger partial charge in [-0.25, -0.2) is 0 Å². The van der Waals surface area contributed by atoms with Crippen LogP contribution in [0.4, 0.5) is 4.79 Å². The fourth-order valence-electron chi connectivity index (χ4n) is 1.91. The second-order valence-corrected chi connectivity index (χ2v) is 6.10. The van der Waals surface area contributed by atoms with Crippen LogP contribution in [0.25, 0.3) is 6.08 Å². The first kappa shape index (κ1) is 15.7. The minimum atomic E-state index is -0.330. The number of rotatable bonds is 3. The summed E-state index contributed by atoms with van der Waals surface area (Å²) >= 11 is 6.78. The molecule has 1 N–H and O–H groups in total. The van der Waals surface area contributed by atoms with Crippen LogP contribution in [0.3, 0.4) is 0 Å². The molecule has 5 nitrogen and oxygen atoms in total. The summed E-state index contributed by atoms with van der Waals surface area (Å²) in [6.07, 6.45) is 1.56. The fourth-order valence-corrected chi connectivity index (χ4v) is 3.09. The molecule has 0 atom stereocenters. The largest absolute Gasteiger partial charge is 0.503 e. The lowest BCUT2D eigenvalue weighted by atomic mass is 10.1. The summed E-state index contributed by atoms with van der Waals surface area (Å²) in [6.45, 7) is 3.56. The van der Waals surface area contributed by atoms with E-state index in [1.807, 2.05) is 0 Å². The van der Waals surface area contributed by atoms with Crippen molar-refractivity contribution in [1.82, 2.24) is 4.90 Å². The second-order valence-electron chi connectivity index (χ2n) is 4.70. The van der Waals surface area contributed by atoms with Gasteiger partial charge in [-0.1, -0.05) is 11.6 Å². The van der Waals surface area contributed by atoms with Crippen LogP contribution >= 0.6 is 23.4 Å². The highest BCUT2D eigenvalue weighted by Gasteiger charge is 2.36. The van der Waals surface area contributed by atoms with Crippen molar-refractivity contribution >= 4 is 40.6 Å². The number of ether oxygens (including phenoxy) is 1. The van der Waals surface area contributed by atoms with Gasteiger partial charge in [0.25, 0.3) is 11.1 Å². The summed E-state index contributed by atoms with van der Waals surface area (Å²) < 4.78 is 5.01. The van der Waals surface area contributed by atoms with Crippen molar-refractivity contribution in [3.8, 4) is 11.5 Å². The predicted molar refractivity (Wildman–Crippen MR) is 82.6 cm³/mol. The number of imide groups is 1. The van der Waals surface area contributed by atoms with Crippen molar-refractivity contribution in [3.63, 3.8) is 0 Å². The molecule has 1 aromatic rings. The van der Waals surface area contributed by atoms with E-state index in [-0.39, 0.29) is 33.7 Å². The highest BCUT2D eigenvalue weighted by atomic mass is 35.5. The van der Waals surface area contributed by atoms with Gasteiger partial charge in [0.2, 0.25) is 0 Å². The molecule has 0 spiro atoms. The molecule has 112 valence electrons. The highest BCUT2D eigenvalue weighted by molar-refractivity contribution is 8.18. The van der Waals surface area contributed by atoms with Crippen molar-refractivity contribution in [2.24, 2.45) is 0 Å². The molecule has 1 fully saturated rings. The van der Waals surface area contributed by atoms with Crippen LogP contribution < -0.4 is 4.74 Å². The lowest BCUT2D eigenvalue weighted by molar-refractivity contribution is -0.123. The number of hydrogen-bond acceptors (Lipinski definition) is 5. The predicted octanol–water partition coefficient (Wildman–Crippen LogP) is 3.50. The molecule has 1 aliphatic heterocycles. The van der Waals surface area contributed by atoms with Crippen LogP contribution in [-0.4, -0.2) is 34.3 Å². The molecule has 2 amide bonds. The lowest BCUT2D eigenvalue weighted by Gasteiger charge is -2.16. The number of benzene rings is 1. The number of halogens is 1. The summed E-state index contributed by atoms with van der Waals surface area (Å²) in [6, 6.07) is 2.86. The molecular weight excluding hydrogens is 314 g/mol. The van der Waals surface area contributed by atoms with Crippen molar-refractivity contribution in [2.75, 3.05) is 7.11 Å². The lowest BCUT2D eigenvalue weighted by Crippen LogP contribution is -2.34. The zero-order valence-electron chi connectivity index (χ0n) is 11.7. The van der Waals surface area contributed by atoms with Crippen molar-refractivity contribution < 1.29 is 19.4 Å². The van der Waals surface area contributed by atoms with Crippen LogP contribution in [0.1, 0.15) is 19.4 Å².